The molecule has 1 aliphatic rings. The molecule has 0 bridgehead atoms. The monoisotopic (exact) mass is 304 g/mol. The third-order valence-electron chi connectivity index (χ3n) is 3.50. The number of rotatable bonds is 4. The topological polar surface area (TPSA) is 80.0 Å². The van der Waals surface area contributed by atoms with E-state index in [4.69, 9.17) is 5.11 Å². The highest BCUT2D eigenvalue weighted by Gasteiger charge is 2.18. The van der Waals surface area contributed by atoms with Gasteiger partial charge in [-0.1, -0.05) is 17.8 Å². The lowest BCUT2D eigenvalue weighted by Gasteiger charge is -2.23. The van der Waals surface area contributed by atoms with Crippen molar-refractivity contribution in [2.24, 2.45) is 0 Å². The minimum absolute atomic E-state index is 0.0228. The highest BCUT2D eigenvalue weighted by Crippen LogP contribution is 2.32. The number of aliphatic carboxylic acids is 1. The van der Waals surface area contributed by atoms with Crippen LogP contribution >= 0.6 is 11.8 Å². The Morgan fingerprint density at radius 3 is 3.19 bits per heavy atom. The summed E-state index contributed by atoms with van der Waals surface area (Å²) in [7, 11) is 0. The number of nitrogens with zero attached hydrogens (tertiary/aromatic N) is 3. The van der Waals surface area contributed by atoms with Gasteiger partial charge >= 0.3 is 5.97 Å². The molecule has 0 unspecified atom stereocenters. The van der Waals surface area contributed by atoms with Crippen molar-refractivity contribution in [3.63, 3.8) is 0 Å². The van der Waals surface area contributed by atoms with Crippen LogP contribution in [0, 0.1) is 6.92 Å². The molecule has 2 heterocycles. The summed E-state index contributed by atoms with van der Waals surface area (Å²) in [4.78, 5) is 10.7. The molecule has 0 aliphatic carbocycles. The number of fused-ring (bicyclic) bond motifs is 1. The first-order valence-electron chi connectivity index (χ1n) is 6.78. The van der Waals surface area contributed by atoms with Crippen molar-refractivity contribution in [1.29, 1.82) is 0 Å². The molecule has 6 nitrogen and oxygen atoms in total. The van der Waals surface area contributed by atoms with Gasteiger partial charge in [0.15, 0.2) is 5.16 Å². The molecule has 110 valence electrons. The Balaban J connectivity index is 2.01. The summed E-state index contributed by atoms with van der Waals surface area (Å²) in [6.07, 6.45) is 3.73. The molecule has 0 radical (unpaired) electrons. The van der Waals surface area contributed by atoms with Gasteiger partial charge in [-0.25, -0.2) is 0 Å². The fraction of sp³-hybridized carbons (Fsp3) is 0.357. The number of anilines is 1. The van der Waals surface area contributed by atoms with Crippen LogP contribution in [0.2, 0.25) is 0 Å². The minimum atomic E-state index is -0.859. The van der Waals surface area contributed by atoms with Crippen LogP contribution in [0.4, 0.5) is 5.69 Å². The average molecular weight is 304 g/mol. The largest absolute Gasteiger partial charge is 0.481 e. The smallest absolute Gasteiger partial charge is 0.313 e. The van der Waals surface area contributed by atoms with Crippen molar-refractivity contribution in [2.75, 3.05) is 17.6 Å². The van der Waals surface area contributed by atoms with E-state index < -0.39 is 5.97 Å². The van der Waals surface area contributed by atoms with E-state index in [0.29, 0.717) is 5.16 Å². The highest BCUT2D eigenvalue weighted by molar-refractivity contribution is 7.99. The van der Waals surface area contributed by atoms with E-state index in [9.17, 15) is 4.79 Å². The van der Waals surface area contributed by atoms with Crippen LogP contribution in [0.5, 0.6) is 0 Å². The van der Waals surface area contributed by atoms with E-state index in [1.807, 2.05) is 4.57 Å². The lowest BCUT2D eigenvalue weighted by Crippen LogP contribution is -2.15. The number of carbonyl (C=O) groups is 1. The number of aryl methyl sites for hydroxylation is 1. The molecule has 0 spiro atoms. The molecule has 1 aliphatic heterocycles. The van der Waals surface area contributed by atoms with Gasteiger partial charge in [0, 0.05) is 12.2 Å². The predicted octanol–water partition coefficient (Wildman–Crippen LogP) is 2.11. The van der Waals surface area contributed by atoms with Crippen LogP contribution in [-0.4, -0.2) is 38.1 Å². The third kappa shape index (κ3) is 2.73. The Morgan fingerprint density at radius 2 is 2.38 bits per heavy atom. The quantitative estimate of drug-likeness (QED) is 0.842. The van der Waals surface area contributed by atoms with Gasteiger partial charge in [0.05, 0.1) is 11.4 Å². The summed E-state index contributed by atoms with van der Waals surface area (Å²) in [5.41, 5.74) is 4.68. The molecule has 3 rings (SSSR count). The van der Waals surface area contributed by atoms with Crippen molar-refractivity contribution >= 4 is 23.4 Å². The van der Waals surface area contributed by atoms with Gasteiger partial charge in [-0.05, 0) is 37.0 Å². The van der Waals surface area contributed by atoms with E-state index in [0.717, 1.165) is 25.1 Å². The molecule has 0 saturated carbocycles. The molecule has 2 N–H and O–H groups in total. The minimum Gasteiger partial charge on any atom is -0.481 e. The lowest BCUT2D eigenvalue weighted by atomic mass is 9.98. The predicted molar refractivity (Wildman–Crippen MR) is 81.3 cm³/mol. The van der Waals surface area contributed by atoms with Crippen LogP contribution < -0.4 is 5.32 Å². The zero-order valence-electron chi connectivity index (χ0n) is 11.7. The normalized spacial score (nSPS) is 13.6. The van der Waals surface area contributed by atoms with Gasteiger partial charge in [-0.15, -0.1) is 10.2 Å². The molecule has 0 fully saturated rings. The third-order valence-corrected chi connectivity index (χ3v) is 4.43. The highest BCUT2D eigenvalue weighted by atomic mass is 32.2. The average Bonchev–Trinajstić information content (AvgIpc) is 2.94. The molecule has 1 aromatic carbocycles. The second-order valence-corrected chi connectivity index (χ2v) is 5.89. The van der Waals surface area contributed by atoms with Gasteiger partial charge in [0.2, 0.25) is 0 Å². The van der Waals surface area contributed by atoms with E-state index in [-0.39, 0.29) is 5.75 Å². The van der Waals surface area contributed by atoms with Crippen molar-refractivity contribution in [3.8, 4) is 5.69 Å². The Bertz CT molecular complexity index is 684. The maximum absolute atomic E-state index is 10.7. The molecular formula is C14H16N4O2S. The van der Waals surface area contributed by atoms with Crippen molar-refractivity contribution in [3.05, 3.63) is 29.6 Å². The van der Waals surface area contributed by atoms with Gasteiger partial charge in [0.1, 0.15) is 6.33 Å². The molecule has 1 aromatic heterocycles. The van der Waals surface area contributed by atoms with Crippen LogP contribution in [0.15, 0.2) is 23.6 Å². The molecule has 0 amide bonds. The van der Waals surface area contributed by atoms with Gasteiger partial charge in [-0.2, -0.15) is 0 Å². The van der Waals surface area contributed by atoms with E-state index in [1.54, 1.807) is 6.33 Å². The number of nitrogens with one attached hydrogen (secondary N) is 1. The maximum atomic E-state index is 10.7. The maximum Gasteiger partial charge on any atom is 0.313 e. The van der Waals surface area contributed by atoms with Gasteiger partial charge in [0.25, 0.3) is 0 Å². The van der Waals surface area contributed by atoms with Crippen molar-refractivity contribution in [2.45, 2.75) is 24.9 Å². The van der Waals surface area contributed by atoms with E-state index in [2.05, 4.69) is 34.6 Å². The number of carboxylic acid groups (broad SMARTS) is 1. The van der Waals surface area contributed by atoms with Crippen LogP contribution in [0.1, 0.15) is 17.5 Å². The number of hydrogen-bond acceptors (Lipinski definition) is 5. The number of thioether (sulfide) groups is 1. The first-order valence-corrected chi connectivity index (χ1v) is 7.76. The Hall–Kier alpha value is -2.02. The Kier molecular flexibility index (Phi) is 3.83. The lowest BCUT2D eigenvalue weighted by molar-refractivity contribution is -0.133. The summed E-state index contributed by atoms with van der Waals surface area (Å²) in [6.45, 7) is 3.08. The van der Waals surface area contributed by atoms with Gasteiger partial charge < -0.3 is 10.4 Å². The number of carboxylic acids is 1. The zero-order chi connectivity index (χ0) is 14.8. The molecular weight excluding hydrogens is 288 g/mol. The fourth-order valence-electron chi connectivity index (χ4n) is 2.57. The van der Waals surface area contributed by atoms with Crippen LogP contribution in [0.3, 0.4) is 0 Å². The summed E-state index contributed by atoms with van der Waals surface area (Å²) in [5.74, 6) is -0.882. The standard InChI is InChI=1S/C14H16N4O2S/c1-9-4-5-11(10-3-2-6-15-13(9)10)18-8-16-17-14(18)21-7-12(19)20/h4-5,8,15H,2-3,6-7H2,1H3,(H,19,20). The molecule has 7 heteroatoms. The Morgan fingerprint density at radius 1 is 1.52 bits per heavy atom. The number of hydrogen-bond donors (Lipinski definition) is 2. The van der Waals surface area contributed by atoms with Gasteiger partial charge in [-0.3, -0.25) is 9.36 Å². The SMILES string of the molecule is Cc1ccc(-n2cnnc2SCC(=O)O)c2c1NCCC2. The Labute approximate surface area is 126 Å². The summed E-state index contributed by atoms with van der Waals surface area (Å²) < 4.78 is 1.87. The van der Waals surface area contributed by atoms with Crippen molar-refractivity contribution < 1.29 is 9.90 Å². The first kappa shape index (κ1) is 13.9. The summed E-state index contributed by atoms with van der Waals surface area (Å²) >= 11 is 1.18. The summed E-state index contributed by atoms with van der Waals surface area (Å²) in [5, 5.41) is 20.8. The number of aromatic nitrogens is 3. The molecule has 2 aromatic rings. The molecule has 21 heavy (non-hydrogen) atoms. The zero-order valence-corrected chi connectivity index (χ0v) is 12.5. The van der Waals surface area contributed by atoms with E-state index in [1.165, 1.54) is 28.6 Å². The first-order chi connectivity index (χ1) is 10.2. The van der Waals surface area contributed by atoms with E-state index >= 15 is 0 Å². The second-order valence-electron chi connectivity index (χ2n) is 4.95. The fourth-order valence-corrected chi connectivity index (χ4v) is 3.21. The second kappa shape index (κ2) is 5.77. The summed E-state index contributed by atoms with van der Waals surface area (Å²) in [6, 6.07) is 4.12. The molecule has 0 atom stereocenters. The van der Waals surface area contributed by atoms with Crippen molar-refractivity contribution in [1.82, 2.24) is 14.8 Å². The molecule has 0 saturated heterocycles. The number of benzene rings is 1. The van der Waals surface area contributed by atoms with Crippen LogP contribution in [-0.2, 0) is 11.2 Å². The van der Waals surface area contributed by atoms with Crippen LogP contribution in [0.25, 0.3) is 5.69 Å².